The highest BCUT2D eigenvalue weighted by Gasteiger charge is 2.12. The molecular formula is C12H14ClN3O2S. The third-order valence-corrected chi connectivity index (χ3v) is 4.06. The largest absolute Gasteiger partial charge is 0.394 e. The highest BCUT2D eigenvalue weighted by Crippen LogP contribution is 2.25. The molecule has 102 valence electrons. The zero-order chi connectivity index (χ0) is 13.8. The summed E-state index contributed by atoms with van der Waals surface area (Å²) in [5, 5.41) is 18.0. The van der Waals surface area contributed by atoms with Crippen molar-refractivity contribution in [3.63, 3.8) is 0 Å². The second kappa shape index (κ2) is 6.18. The molecule has 0 saturated heterocycles. The van der Waals surface area contributed by atoms with Gasteiger partial charge < -0.3 is 10.4 Å². The smallest absolute Gasteiger partial charge is 0.287 e. The van der Waals surface area contributed by atoms with E-state index >= 15 is 0 Å². The lowest BCUT2D eigenvalue weighted by Gasteiger charge is -2.15. The fourth-order valence-corrected chi connectivity index (χ4v) is 2.60. The van der Waals surface area contributed by atoms with Gasteiger partial charge in [-0.05, 0) is 18.4 Å². The fourth-order valence-electron chi connectivity index (χ4n) is 1.66. The van der Waals surface area contributed by atoms with Gasteiger partial charge in [-0.2, -0.15) is 5.10 Å². The van der Waals surface area contributed by atoms with Crippen molar-refractivity contribution in [2.45, 2.75) is 19.5 Å². The Morgan fingerprint density at radius 2 is 2.42 bits per heavy atom. The van der Waals surface area contributed by atoms with Crippen LogP contribution in [0.25, 0.3) is 0 Å². The van der Waals surface area contributed by atoms with Crippen LogP contribution in [0.2, 0.25) is 5.02 Å². The summed E-state index contributed by atoms with van der Waals surface area (Å²) in [5.41, 5.74) is 0.0980. The molecule has 1 atom stereocenters. The van der Waals surface area contributed by atoms with E-state index < -0.39 is 5.56 Å². The van der Waals surface area contributed by atoms with Crippen molar-refractivity contribution in [3.8, 4) is 0 Å². The standard InChI is InChI=1S/C12H14ClN3O2S/c1-8(10-3-2-6-19-10)15-9-7-14-16(4-5-17)12(18)11(9)13/h2-3,6-8,15,17H,4-5H2,1H3. The van der Waals surface area contributed by atoms with Gasteiger partial charge in [-0.15, -0.1) is 11.3 Å². The molecule has 2 rings (SSSR count). The van der Waals surface area contributed by atoms with E-state index in [-0.39, 0.29) is 24.2 Å². The number of nitrogens with one attached hydrogen (secondary N) is 1. The van der Waals surface area contributed by atoms with Gasteiger partial charge in [0, 0.05) is 4.88 Å². The molecule has 2 aromatic rings. The van der Waals surface area contributed by atoms with E-state index in [0.717, 1.165) is 9.56 Å². The molecule has 2 aromatic heterocycles. The van der Waals surface area contributed by atoms with Crippen molar-refractivity contribution in [2.75, 3.05) is 11.9 Å². The summed E-state index contributed by atoms with van der Waals surface area (Å²) in [4.78, 5) is 13.0. The number of halogens is 1. The molecule has 1 unspecified atom stereocenters. The highest BCUT2D eigenvalue weighted by atomic mass is 35.5. The Labute approximate surface area is 119 Å². The van der Waals surface area contributed by atoms with Crippen LogP contribution in [0.3, 0.4) is 0 Å². The topological polar surface area (TPSA) is 67.2 Å². The van der Waals surface area contributed by atoms with Crippen LogP contribution < -0.4 is 10.9 Å². The minimum absolute atomic E-state index is 0.0485. The third kappa shape index (κ3) is 3.15. The van der Waals surface area contributed by atoms with Gasteiger partial charge in [-0.3, -0.25) is 4.79 Å². The second-order valence-corrected chi connectivity index (χ2v) is 5.36. The van der Waals surface area contributed by atoms with Gasteiger partial charge >= 0.3 is 0 Å². The molecule has 0 fully saturated rings. The van der Waals surface area contributed by atoms with Crippen LogP contribution >= 0.6 is 22.9 Å². The molecule has 0 radical (unpaired) electrons. The maximum absolute atomic E-state index is 11.9. The molecule has 5 nitrogen and oxygen atoms in total. The van der Waals surface area contributed by atoms with Crippen LogP contribution in [0, 0.1) is 0 Å². The van der Waals surface area contributed by atoms with E-state index in [1.54, 1.807) is 11.3 Å². The van der Waals surface area contributed by atoms with Gasteiger partial charge in [-0.25, -0.2) is 4.68 Å². The normalized spacial score (nSPS) is 12.4. The number of hydrogen-bond acceptors (Lipinski definition) is 5. The molecule has 0 saturated carbocycles. The SMILES string of the molecule is CC(Nc1cnn(CCO)c(=O)c1Cl)c1cccs1. The molecule has 19 heavy (non-hydrogen) atoms. The Hall–Kier alpha value is -1.37. The minimum Gasteiger partial charge on any atom is -0.394 e. The summed E-state index contributed by atoms with van der Waals surface area (Å²) < 4.78 is 1.14. The first-order valence-corrected chi connectivity index (χ1v) is 7.05. The lowest BCUT2D eigenvalue weighted by Crippen LogP contribution is -2.25. The predicted octanol–water partition coefficient (Wildman–Crippen LogP) is 2.12. The molecule has 0 aliphatic rings. The summed E-state index contributed by atoms with van der Waals surface area (Å²) in [7, 11) is 0. The molecule has 2 heterocycles. The van der Waals surface area contributed by atoms with Gasteiger partial charge in [0.1, 0.15) is 5.02 Å². The van der Waals surface area contributed by atoms with Gasteiger partial charge in [0.2, 0.25) is 0 Å². The molecule has 2 N–H and O–H groups in total. The number of thiophene rings is 1. The molecule has 0 bridgehead atoms. The van der Waals surface area contributed by atoms with E-state index in [0.29, 0.717) is 5.69 Å². The predicted molar refractivity (Wildman–Crippen MR) is 76.9 cm³/mol. The number of aromatic nitrogens is 2. The number of nitrogens with zero attached hydrogens (tertiary/aromatic N) is 2. The molecule has 0 aliphatic carbocycles. The molecular weight excluding hydrogens is 286 g/mol. The van der Waals surface area contributed by atoms with Gasteiger partial charge in [-0.1, -0.05) is 17.7 Å². The van der Waals surface area contributed by atoms with Crippen LogP contribution in [0.15, 0.2) is 28.5 Å². The maximum atomic E-state index is 11.9. The number of rotatable bonds is 5. The Bertz CT molecular complexity index is 598. The number of anilines is 1. The van der Waals surface area contributed by atoms with Gasteiger partial charge in [0.15, 0.2) is 0 Å². The van der Waals surface area contributed by atoms with Crippen molar-refractivity contribution in [1.82, 2.24) is 9.78 Å². The van der Waals surface area contributed by atoms with Crippen molar-refractivity contribution in [3.05, 3.63) is 44.0 Å². The summed E-state index contributed by atoms with van der Waals surface area (Å²) in [6.45, 7) is 1.97. The van der Waals surface area contributed by atoms with Crippen LogP contribution in [-0.2, 0) is 6.54 Å². The first kappa shape index (κ1) is 14.0. The average Bonchev–Trinajstić information content (AvgIpc) is 2.92. The molecule has 0 spiro atoms. The number of hydrogen-bond donors (Lipinski definition) is 2. The van der Waals surface area contributed by atoms with Gasteiger partial charge in [0.25, 0.3) is 5.56 Å². The second-order valence-electron chi connectivity index (χ2n) is 4.01. The van der Waals surface area contributed by atoms with Crippen molar-refractivity contribution in [2.24, 2.45) is 0 Å². The molecule has 0 aromatic carbocycles. The highest BCUT2D eigenvalue weighted by molar-refractivity contribution is 7.10. The summed E-state index contributed by atoms with van der Waals surface area (Å²) in [6, 6.07) is 4.03. The number of aliphatic hydroxyl groups is 1. The fraction of sp³-hybridized carbons (Fsp3) is 0.333. The first-order chi connectivity index (χ1) is 9.13. The third-order valence-electron chi connectivity index (χ3n) is 2.64. The van der Waals surface area contributed by atoms with E-state index in [9.17, 15) is 4.79 Å². The van der Waals surface area contributed by atoms with Crippen LogP contribution in [0.4, 0.5) is 5.69 Å². The van der Waals surface area contributed by atoms with Crippen LogP contribution in [0.1, 0.15) is 17.8 Å². The van der Waals surface area contributed by atoms with Crippen molar-refractivity contribution < 1.29 is 5.11 Å². The number of aliphatic hydroxyl groups excluding tert-OH is 1. The maximum Gasteiger partial charge on any atom is 0.287 e. The van der Waals surface area contributed by atoms with E-state index in [4.69, 9.17) is 16.7 Å². The van der Waals surface area contributed by atoms with E-state index in [2.05, 4.69) is 10.4 Å². The zero-order valence-corrected chi connectivity index (χ0v) is 11.9. The van der Waals surface area contributed by atoms with E-state index in [1.165, 1.54) is 6.20 Å². The monoisotopic (exact) mass is 299 g/mol. The minimum atomic E-state index is -0.404. The Morgan fingerprint density at radius 1 is 1.63 bits per heavy atom. The summed E-state index contributed by atoms with van der Waals surface area (Å²) in [5.74, 6) is 0. The van der Waals surface area contributed by atoms with Crippen molar-refractivity contribution >= 4 is 28.6 Å². The van der Waals surface area contributed by atoms with Crippen molar-refractivity contribution in [1.29, 1.82) is 0 Å². The quantitative estimate of drug-likeness (QED) is 0.887. The summed E-state index contributed by atoms with van der Waals surface area (Å²) >= 11 is 7.65. The van der Waals surface area contributed by atoms with Crippen LogP contribution in [0.5, 0.6) is 0 Å². The molecule has 0 aliphatic heterocycles. The van der Waals surface area contributed by atoms with E-state index in [1.807, 2.05) is 24.4 Å². The summed E-state index contributed by atoms with van der Waals surface area (Å²) in [6.07, 6.45) is 1.50. The molecule has 0 amide bonds. The Morgan fingerprint density at radius 3 is 3.05 bits per heavy atom. The van der Waals surface area contributed by atoms with Gasteiger partial charge in [0.05, 0.1) is 31.1 Å². The molecule has 7 heteroatoms. The lowest BCUT2D eigenvalue weighted by atomic mass is 10.2. The zero-order valence-electron chi connectivity index (χ0n) is 10.3. The lowest BCUT2D eigenvalue weighted by molar-refractivity contribution is 0.266. The Kier molecular flexibility index (Phi) is 4.57. The first-order valence-electron chi connectivity index (χ1n) is 5.80. The van der Waals surface area contributed by atoms with Crippen LogP contribution in [-0.4, -0.2) is 21.5 Å². The Balaban J connectivity index is 2.22. The average molecular weight is 300 g/mol.